The molecule has 0 atom stereocenters. The van der Waals surface area contributed by atoms with Gasteiger partial charge in [-0.25, -0.2) is 22.9 Å². The fourth-order valence-corrected chi connectivity index (χ4v) is 3.71. The molecule has 2 rings (SSSR count). The van der Waals surface area contributed by atoms with Gasteiger partial charge in [0.15, 0.2) is 0 Å². The first kappa shape index (κ1) is 25.0. The van der Waals surface area contributed by atoms with Gasteiger partial charge in [0.25, 0.3) is 21.8 Å². The molecule has 2 aromatic rings. The summed E-state index contributed by atoms with van der Waals surface area (Å²) in [5.41, 5.74) is 0.288. The molecule has 0 bridgehead atoms. The SMILES string of the molecule is CCCCCCNC(=O)c1ccc(S(=O)(=O)NC(=O)c2ccc(C(=O)OCC)nc2)cc1. The summed E-state index contributed by atoms with van der Waals surface area (Å²) in [5.74, 6) is -1.83. The number of unbranched alkanes of at least 4 members (excludes halogenated alkanes) is 3. The van der Waals surface area contributed by atoms with Gasteiger partial charge in [-0.2, -0.15) is 0 Å². The first-order valence-corrected chi connectivity index (χ1v) is 11.9. The largest absolute Gasteiger partial charge is 0.461 e. The molecule has 0 aliphatic heterocycles. The van der Waals surface area contributed by atoms with E-state index in [0.717, 1.165) is 31.9 Å². The number of rotatable bonds is 11. The second kappa shape index (κ2) is 11.9. The number of benzene rings is 1. The van der Waals surface area contributed by atoms with Crippen LogP contribution in [-0.4, -0.2) is 44.3 Å². The second-order valence-electron chi connectivity index (χ2n) is 6.93. The summed E-state index contributed by atoms with van der Waals surface area (Å²) < 4.78 is 31.8. The highest BCUT2D eigenvalue weighted by atomic mass is 32.2. The van der Waals surface area contributed by atoms with Crippen LogP contribution in [0.5, 0.6) is 0 Å². The van der Waals surface area contributed by atoms with E-state index in [1.807, 2.05) is 4.72 Å². The van der Waals surface area contributed by atoms with Crippen LogP contribution in [0.25, 0.3) is 0 Å². The predicted molar refractivity (Wildman–Crippen MR) is 118 cm³/mol. The number of pyridine rings is 1. The normalized spacial score (nSPS) is 10.9. The van der Waals surface area contributed by atoms with Crippen LogP contribution < -0.4 is 10.0 Å². The van der Waals surface area contributed by atoms with Crippen molar-refractivity contribution in [1.82, 2.24) is 15.0 Å². The molecule has 0 saturated heterocycles. The summed E-state index contributed by atoms with van der Waals surface area (Å²) >= 11 is 0. The Balaban J connectivity index is 1.98. The minimum Gasteiger partial charge on any atom is -0.461 e. The number of aromatic nitrogens is 1. The predicted octanol–water partition coefficient (Wildman–Crippen LogP) is 2.69. The molecule has 0 spiro atoms. The highest BCUT2D eigenvalue weighted by Gasteiger charge is 2.20. The van der Waals surface area contributed by atoms with Crippen LogP contribution in [0.1, 0.15) is 70.7 Å². The number of nitrogens with zero attached hydrogens (tertiary/aromatic N) is 1. The quantitative estimate of drug-likeness (QED) is 0.388. The summed E-state index contributed by atoms with van der Waals surface area (Å²) in [7, 11) is -4.16. The smallest absolute Gasteiger partial charge is 0.356 e. The molecule has 1 aromatic carbocycles. The molecule has 1 heterocycles. The van der Waals surface area contributed by atoms with Gasteiger partial charge in [0.2, 0.25) is 0 Å². The van der Waals surface area contributed by atoms with Gasteiger partial charge in [0.05, 0.1) is 17.1 Å². The molecule has 172 valence electrons. The van der Waals surface area contributed by atoms with Crippen molar-refractivity contribution in [3.8, 4) is 0 Å². The Morgan fingerprint density at radius 1 is 0.906 bits per heavy atom. The van der Waals surface area contributed by atoms with E-state index in [9.17, 15) is 22.8 Å². The van der Waals surface area contributed by atoms with Gasteiger partial charge >= 0.3 is 5.97 Å². The number of carbonyl (C=O) groups is 3. The van der Waals surface area contributed by atoms with Crippen molar-refractivity contribution in [2.75, 3.05) is 13.2 Å². The van der Waals surface area contributed by atoms with E-state index in [2.05, 4.69) is 17.2 Å². The monoisotopic (exact) mass is 461 g/mol. The lowest BCUT2D eigenvalue weighted by Crippen LogP contribution is -2.31. The number of hydrogen-bond donors (Lipinski definition) is 2. The van der Waals surface area contributed by atoms with Gasteiger partial charge in [-0.1, -0.05) is 26.2 Å². The molecule has 2 amide bonds. The lowest BCUT2D eigenvalue weighted by atomic mass is 10.2. The minimum absolute atomic E-state index is 0.00508. The molecule has 0 radical (unpaired) electrons. The van der Waals surface area contributed by atoms with Gasteiger partial charge in [0.1, 0.15) is 5.69 Å². The Morgan fingerprint density at radius 3 is 2.19 bits per heavy atom. The summed E-state index contributed by atoms with van der Waals surface area (Å²) in [6, 6.07) is 7.83. The van der Waals surface area contributed by atoms with Crippen molar-refractivity contribution >= 4 is 27.8 Å². The third kappa shape index (κ3) is 7.16. The first-order valence-electron chi connectivity index (χ1n) is 10.4. The molecule has 1 aromatic heterocycles. The van der Waals surface area contributed by atoms with E-state index in [0.29, 0.717) is 12.1 Å². The molecule has 2 N–H and O–H groups in total. The maximum atomic E-state index is 12.5. The number of ether oxygens (including phenoxy) is 1. The average Bonchev–Trinajstić information content (AvgIpc) is 2.79. The third-order valence-corrected chi connectivity index (χ3v) is 5.83. The maximum absolute atomic E-state index is 12.5. The summed E-state index contributed by atoms with van der Waals surface area (Å²) in [5, 5.41) is 2.79. The molecule has 0 fully saturated rings. The van der Waals surface area contributed by atoms with Gasteiger partial charge in [0, 0.05) is 18.3 Å². The van der Waals surface area contributed by atoms with Crippen molar-refractivity contribution in [2.45, 2.75) is 44.4 Å². The molecule has 0 unspecified atom stereocenters. The van der Waals surface area contributed by atoms with Crippen molar-refractivity contribution in [1.29, 1.82) is 0 Å². The molecule has 32 heavy (non-hydrogen) atoms. The van der Waals surface area contributed by atoms with E-state index in [-0.39, 0.29) is 28.7 Å². The molecular formula is C22H27N3O6S. The lowest BCUT2D eigenvalue weighted by Gasteiger charge is -2.09. The number of nitrogens with one attached hydrogen (secondary N) is 2. The van der Waals surface area contributed by atoms with Crippen molar-refractivity contribution in [2.24, 2.45) is 0 Å². The Kier molecular flexibility index (Phi) is 9.33. The molecular weight excluding hydrogens is 434 g/mol. The van der Waals surface area contributed by atoms with Gasteiger partial charge in [-0.15, -0.1) is 0 Å². The summed E-state index contributed by atoms with van der Waals surface area (Å²) in [4.78, 5) is 39.7. The highest BCUT2D eigenvalue weighted by Crippen LogP contribution is 2.12. The topological polar surface area (TPSA) is 132 Å². The summed E-state index contributed by atoms with van der Waals surface area (Å²) in [6.07, 6.45) is 5.23. The third-order valence-electron chi connectivity index (χ3n) is 4.48. The van der Waals surface area contributed by atoms with Crippen LogP contribution in [0.4, 0.5) is 0 Å². The molecule has 9 nitrogen and oxygen atoms in total. The molecule has 0 saturated carbocycles. The van der Waals surface area contributed by atoms with Crippen molar-refractivity contribution in [3.63, 3.8) is 0 Å². The zero-order valence-electron chi connectivity index (χ0n) is 18.1. The van der Waals surface area contributed by atoms with E-state index in [1.165, 1.54) is 36.4 Å². The molecule has 0 aliphatic carbocycles. The maximum Gasteiger partial charge on any atom is 0.356 e. The number of hydrogen-bond acceptors (Lipinski definition) is 7. The fourth-order valence-electron chi connectivity index (χ4n) is 2.74. The Hall–Kier alpha value is -3.27. The highest BCUT2D eigenvalue weighted by molar-refractivity contribution is 7.90. The van der Waals surface area contributed by atoms with Gasteiger partial charge in [-0.05, 0) is 49.7 Å². The van der Waals surface area contributed by atoms with Crippen LogP contribution in [0.15, 0.2) is 47.5 Å². The van der Waals surface area contributed by atoms with Gasteiger partial charge < -0.3 is 10.1 Å². The lowest BCUT2D eigenvalue weighted by molar-refractivity contribution is 0.0519. The van der Waals surface area contributed by atoms with E-state index >= 15 is 0 Å². The average molecular weight is 462 g/mol. The van der Waals surface area contributed by atoms with Crippen LogP contribution >= 0.6 is 0 Å². The Bertz CT molecular complexity index is 1030. The zero-order valence-corrected chi connectivity index (χ0v) is 18.9. The van der Waals surface area contributed by atoms with Crippen molar-refractivity contribution in [3.05, 3.63) is 59.4 Å². The van der Waals surface area contributed by atoms with Crippen LogP contribution in [0.2, 0.25) is 0 Å². The Labute approximate surface area is 187 Å². The van der Waals surface area contributed by atoms with E-state index in [4.69, 9.17) is 4.74 Å². The second-order valence-corrected chi connectivity index (χ2v) is 8.61. The minimum atomic E-state index is -4.16. The number of sulfonamides is 1. The number of carbonyl (C=O) groups excluding carboxylic acids is 3. The van der Waals surface area contributed by atoms with Crippen LogP contribution in [0.3, 0.4) is 0 Å². The van der Waals surface area contributed by atoms with Gasteiger partial charge in [-0.3, -0.25) is 9.59 Å². The first-order chi connectivity index (χ1) is 15.3. The standard InChI is InChI=1S/C22H27N3O6S/c1-3-5-6-7-14-23-20(26)16-8-11-18(12-9-16)32(29,30)25-21(27)17-10-13-19(24-15-17)22(28)31-4-2/h8-13,15H,3-7,14H2,1-2H3,(H,23,26)(H,25,27). The van der Waals surface area contributed by atoms with Crippen LogP contribution in [0, 0.1) is 0 Å². The summed E-state index contributed by atoms with van der Waals surface area (Å²) in [6.45, 7) is 4.49. The number of esters is 1. The molecule has 10 heteroatoms. The number of amides is 2. The van der Waals surface area contributed by atoms with Crippen molar-refractivity contribution < 1.29 is 27.5 Å². The van der Waals surface area contributed by atoms with E-state index in [1.54, 1.807) is 6.92 Å². The molecule has 0 aliphatic rings. The zero-order chi connectivity index (χ0) is 23.6. The van der Waals surface area contributed by atoms with Crippen LogP contribution in [-0.2, 0) is 14.8 Å². The van der Waals surface area contributed by atoms with E-state index < -0.39 is 21.9 Å². The Morgan fingerprint density at radius 2 is 1.59 bits per heavy atom. The fraction of sp³-hybridized carbons (Fsp3) is 0.364.